The van der Waals surface area contributed by atoms with Crippen LogP contribution < -0.4 is 0 Å². The lowest BCUT2D eigenvalue weighted by molar-refractivity contribution is -0.129. The maximum absolute atomic E-state index is 13.3. The second kappa shape index (κ2) is 6.19. The van der Waals surface area contributed by atoms with Crippen LogP contribution in [-0.2, 0) is 11.2 Å². The topological polar surface area (TPSA) is 49.7 Å². The summed E-state index contributed by atoms with van der Waals surface area (Å²) < 4.78 is 26.6. The number of nitrogens with zero attached hydrogens (tertiary/aromatic N) is 1. The van der Waals surface area contributed by atoms with Gasteiger partial charge in [-0.25, -0.2) is 18.6 Å². The van der Waals surface area contributed by atoms with Crippen molar-refractivity contribution in [2.45, 2.75) is 6.42 Å². The van der Waals surface area contributed by atoms with Crippen molar-refractivity contribution >= 4 is 17.4 Å². The third kappa shape index (κ3) is 2.88. The van der Waals surface area contributed by atoms with Gasteiger partial charge >= 0.3 is 5.97 Å². The van der Waals surface area contributed by atoms with E-state index in [0.29, 0.717) is 5.69 Å². The first-order valence-electron chi connectivity index (χ1n) is 8.01. The molecule has 1 N–H and O–H groups in total. The van der Waals surface area contributed by atoms with Crippen molar-refractivity contribution in [3.05, 3.63) is 77.9 Å². The van der Waals surface area contributed by atoms with Gasteiger partial charge in [0.1, 0.15) is 17.3 Å². The highest BCUT2D eigenvalue weighted by Crippen LogP contribution is 2.40. The monoisotopic (exact) mass is 349 g/mol. The standard InChI is InChI=1S/C21H13F2NO2/c22-15-5-1-12(2-6-15)17-9-14-10-20(21(25)26)24-19(14)11-18(17)13-3-7-16(23)8-4-13/h1-9,11H,10H2,(H,25,26). The number of hydrogen-bond acceptors (Lipinski definition) is 2. The van der Waals surface area contributed by atoms with E-state index in [1.807, 2.05) is 6.07 Å². The molecule has 3 aromatic rings. The summed E-state index contributed by atoms with van der Waals surface area (Å²) in [6, 6.07) is 15.8. The molecule has 3 nitrogen and oxygen atoms in total. The minimum Gasteiger partial charge on any atom is -0.477 e. The van der Waals surface area contributed by atoms with Crippen molar-refractivity contribution < 1.29 is 18.7 Å². The number of benzene rings is 3. The van der Waals surface area contributed by atoms with Gasteiger partial charge in [0.15, 0.2) is 0 Å². The maximum Gasteiger partial charge on any atom is 0.350 e. The van der Waals surface area contributed by atoms with E-state index >= 15 is 0 Å². The molecule has 0 saturated heterocycles. The van der Waals surface area contributed by atoms with Crippen LogP contribution in [0, 0.1) is 11.6 Å². The Kier molecular flexibility index (Phi) is 3.84. The molecule has 1 aliphatic heterocycles. The molecule has 0 spiro atoms. The summed E-state index contributed by atoms with van der Waals surface area (Å²) in [6.45, 7) is 0. The molecule has 0 saturated carbocycles. The Morgan fingerprint density at radius 3 is 1.85 bits per heavy atom. The van der Waals surface area contributed by atoms with E-state index in [1.165, 1.54) is 24.3 Å². The molecule has 0 fully saturated rings. The lowest BCUT2D eigenvalue weighted by Gasteiger charge is -2.13. The van der Waals surface area contributed by atoms with Gasteiger partial charge in [-0.15, -0.1) is 0 Å². The maximum atomic E-state index is 13.3. The van der Waals surface area contributed by atoms with E-state index in [2.05, 4.69) is 4.99 Å². The van der Waals surface area contributed by atoms with Crippen molar-refractivity contribution in [2.75, 3.05) is 0 Å². The van der Waals surface area contributed by atoms with Gasteiger partial charge in [0, 0.05) is 6.42 Å². The predicted molar refractivity (Wildman–Crippen MR) is 95.7 cm³/mol. The van der Waals surface area contributed by atoms with Gasteiger partial charge in [-0.05, 0) is 64.2 Å². The fraction of sp³-hybridized carbons (Fsp3) is 0.0476. The molecule has 0 aliphatic carbocycles. The molecule has 0 amide bonds. The first-order chi connectivity index (χ1) is 12.5. The molecule has 26 heavy (non-hydrogen) atoms. The van der Waals surface area contributed by atoms with Gasteiger partial charge in [-0.1, -0.05) is 24.3 Å². The average Bonchev–Trinajstić information content (AvgIpc) is 3.05. The summed E-state index contributed by atoms with van der Waals surface area (Å²) in [7, 11) is 0. The highest BCUT2D eigenvalue weighted by atomic mass is 19.1. The zero-order valence-electron chi connectivity index (χ0n) is 13.5. The van der Waals surface area contributed by atoms with Crippen LogP contribution in [0.1, 0.15) is 5.56 Å². The quantitative estimate of drug-likeness (QED) is 0.722. The number of aliphatic imine (C=N–C) groups is 1. The number of carbonyl (C=O) groups is 1. The molecule has 0 unspecified atom stereocenters. The number of fused-ring (bicyclic) bond motifs is 1. The van der Waals surface area contributed by atoms with Gasteiger partial charge in [-0.3, -0.25) is 0 Å². The van der Waals surface area contributed by atoms with E-state index in [-0.39, 0.29) is 23.8 Å². The van der Waals surface area contributed by atoms with Crippen molar-refractivity contribution in [1.29, 1.82) is 0 Å². The zero-order valence-corrected chi connectivity index (χ0v) is 13.5. The van der Waals surface area contributed by atoms with Gasteiger partial charge in [0.2, 0.25) is 0 Å². The van der Waals surface area contributed by atoms with Gasteiger partial charge in [0.05, 0.1) is 5.69 Å². The second-order valence-corrected chi connectivity index (χ2v) is 6.08. The summed E-state index contributed by atoms with van der Waals surface area (Å²) in [5, 5.41) is 9.21. The first-order valence-corrected chi connectivity index (χ1v) is 8.01. The van der Waals surface area contributed by atoms with Crippen molar-refractivity contribution in [1.82, 2.24) is 0 Å². The zero-order chi connectivity index (χ0) is 18.3. The summed E-state index contributed by atoms with van der Waals surface area (Å²) >= 11 is 0. The largest absolute Gasteiger partial charge is 0.477 e. The van der Waals surface area contributed by atoms with Crippen LogP contribution in [0.4, 0.5) is 14.5 Å². The fourth-order valence-corrected chi connectivity index (χ4v) is 3.10. The van der Waals surface area contributed by atoms with Crippen LogP contribution in [0.5, 0.6) is 0 Å². The van der Waals surface area contributed by atoms with Gasteiger partial charge in [-0.2, -0.15) is 0 Å². The fourth-order valence-electron chi connectivity index (χ4n) is 3.10. The number of aliphatic carboxylic acids is 1. The molecule has 4 rings (SSSR count). The van der Waals surface area contributed by atoms with Crippen LogP contribution in [0.3, 0.4) is 0 Å². The lowest BCUT2D eigenvalue weighted by atomic mass is 9.91. The molecule has 0 aromatic heterocycles. The third-order valence-electron chi connectivity index (χ3n) is 4.39. The molecule has 5 heteroatoms. The van der Waals surface area contributed by atoms with Crippen LogP contribution in [0.15, 0.2) is 65.7 Å². The SMILES string of the molecule is O=C(O)C1=Nc2cc(-c3ccc(F)cc3)c(-c3ccc(F)cc3)cc2C1. The average molecular weight is 349 g/mol. The molecule has 1 heterocycles. The second-order valence-electron chi connectivity index (χ2n) is 6.08. The smallest absolute Gasteiger partial charge is 0.350 e. The van der Waals surface area contributed by atoms with Crippen molar-refractivity contribution in [3.8, 4) is 22.3 Å². The van der Waals surface area contributed by atoms with E-state index in [1.54, 1.807) is 30.3 Å². The number of hydrogen-bond donors (Lipinski definition) is 1. The highest BCUT2D eigenvalue weighted by molar-refractivity contribution is 6.37. The Hall–Kier alpha value is -3.34. The minimum absolute atomic E-state index is 0.0845. The number of carboxylic acid groups (broad SMARTS) is 1. The Bertz CT molecular complexity index is 1040. The molecule has 3 aromatic carbocycles. The number of carboxylic acids is 1. The predicted octanol–water partition coefficient (Wildman–Crippen LogP) is 5.01. The summed E-state index contributed by atoms with van der Waals surface area (Å²) in [6.07, 6.45) is 0.239. The van der Waals surface area contributed by atoms with Gasteiger partial charge in [0.25, 0.3) is 0 Å². The molecular formula is C21H13F2NO2. The Balaban J connectivity index is 1.91. The molecule has 0 bridgehead atoms. The van der Waals surface area contributed by atoms with Crippen LogP contribution in [0.2, 0.25) is 0 Å². The van der Waals surface area contributed by atoms with Crippen molar-refractivity contribution in [3.63, 3.8) is 0 Å². The Morgan fingerprint density at radius 2 is 1.35 bits per heavy atom. The van der Waals surface area contributed by atoms with E-state index in [0.717, 1.165) is 27.8 Å². The summed E-state index contributed by atoms with van der Waals surface area (Å²) in [5.74, 6) is -1.73. The molecular weight excluding hydrogens is 336 g/mol. The van der Waals surface area contributed by atoms with Crippen LogP contribution >= 0.6 is 0 Å². The number of rotatable bonds is 3. The third-order valence-corrected chi connectivity index (χ3v) is 4.39. The van der Waals surface area contributed by atoms with Crippen molar-refractivity contribution in [2.24, 2.45) is 4.99 Å². The molecule has 0 radical (unpaired) electrons. The Labute approximate surface area is 148 Å². The molecule has 1 aliphatic rings. The normalized spacial score (nSPS) is 12.6. The van der Waals surface area contributed by atoms with E-state index in [9.17, 15) is 18.7 Å². The highest BCUT2D eigenvalue weighted by Gasteiger charge is 2.22. The molecule has 0 atom stereocenters. The summed E-state index contributed by atoms with van der Waals surface area (Å²) in [5.41, 5.74) is 4.63. The van der Waals surface area contributed by atoms with E-state index < -0.39 is 5.97 Å². The van der Waals surface area contributed by atoms with E-state index in [4.69, 9.17) is 0 Å². The van der Waals surface area contributed by atoms with Crippen LogP contribution in [0.25, 0.3) is 22.3 Å². The molecule has 128 valence electrons. The first kappa shape index (κ1) is 16.1. The van der Waals surface area contributed by atoms with Gasteiger partial charge < -0.3 is 5.11 Å². The minimum atomic E-state index is -1.05. The number of halogens is 2. The lowest BCUT2D eigenvalue weighted by Crippen LogP contribution is -2.11. The Morgan fingerprint density at radius 1 is 0.846 bits per heavy atom. The van der Waals surface area contributed by atoms with Crippen LogP contribution in [-0.4, -0.2) is 16.8 Å². The summed E-state index contributed by atoms with van der Waals surface area (Å²) in [4.78, 5) is 15.4.